The third-order valence-corrected chi connectivity index (χ3v) is 3.90. The molecule has 0 aliphatic rings. The molecule has 0 aliphatic carbocycles. The van der Waals surface area contributed by atoms with Crippen LogP contribution in [0.15, 0.2) is 46.9 Å². The van der Waals surface area contributed by atoms with E-state index in [4.69, 9.17) is 0 Å². The molecule has 0 saturated carbocycles. The second-order valence-corrected chi connectivity index (χ2v) is 6.39. The number of benzene rings is 2. The lowest BCUT2D eigenvalue weighted by Crippen LogP contribution is -2.40. The Morgan fingerprint density at radius 1 is 1.00 bits per heavy atom. The van der Waals surface area contributed by atoms with E-state index in [1.807, 2.05) is 13.0 Å². The van der Waals surface area contributed by atoms with E-state index in [9.17, 15) is 18.8 Å². The van der Waals surface area contributed by atoms with Gasteiger partial charge in [0.05, 0.1) is 13.1 Å². The molecule has 26 heavy (non-hydrogen) atoms. The maximum atomic E-state index is 13.1. The van der Waals surface area contributed by atoms with E-state index in [0.717, 1.165) is 16.1 Å². The molecule has 0 atom stereocenters. The zero-order chi connectivity index (χ0) is 19.1. The van der Waals surface area contributed by atoms with Gasteiger partial charge in [0, 0.05) is 15.7 Å². The van der Waals surface area contributed by atoms with Crippen LogP contribution < -0.4 is 16.0 Å². The molecule has 0 fully saturated rings. The fourth-order valence-electron chi connectivity index (χ4n) is 2.10. The lowest BCUT2D eigenvalue weighted by molar-refractivity contribution is -0.123. The van der Waals surface area contributed by atoms with Gasteiger partial charge in [-0.3, -0.25) is 14.4 Å². The Morgan fingerprint density at radius 3 is 2.42 bits per heavy atom. The normalized spacial score (nSPS) is 10.1. The topological polar surface area (TPSA) is 87.3 Å². The van der Waals surface area contributed by atoms with Crippen LogP contribution in [-0.2, 0) is 9.59 Å². The van der Waals surface area contributed by atoms with Crippen molar-refractivity contribution in [2.75, 3.05) is 18.4 Å². The Balaban J connectivity index is 1.76. The summed E-state index contributed by atoms with van der Waals surface area (Å²) in [5, 5.41) is 7.45. The van der Waals surface area contributed by atoms with Crippen LogP contribution in [0.2, 0.25) is 0 Å². The molecule has 8 heteroatoms. The molecule has 2 aromatic rings. The zero-order valence-electron chi connectivity index (χ0n) is 13.9. The minimum Gasteiger partial charge on any atom is -0.345 e. The van der Waals surface area contributed by atoms with Crippen molar-refractivity contribution in [1.82, 2.24) is 10.6 Å². The van der Waals surface area contributed by atoms with Gasteiger partial charge in [-0.1, -0.05) is 22.0 Å². The minimum absolute atomic E-state index is 0.112. The first-order chi connectivity index (χ1) is 12.3. The molecule has 0 aromatic heterocycles. The van der Waals surface area contributed by atoms with Crippen molar-refractivity contribution >= 4 is 39.3 Å². The Hall–Kier alpha value is -2.74. The van der Waals surface area contributed by atoms with E-state index < -0.39 is 17.6 Å². The van der Waals surface area contributed by atoms with Gasteiger partial charge in [-0.05, 0) is 48.9 Å². The third-order valence-electron chi connectivity index (χ3n) is 3.40. The molecule has 2 rings (SSSR count). The summed E-state index contributed by atoms with van der Waals surface area (Å²) >= 11 is 3.34. The molecule has 0 aliphatic heterocycles. The van der Waals surface area contributed by atoms with Crippen molar-refractivity contribution in [3.8, 4) is 0 Å². The maximum absolute atomic E-state index is 13.1. The van der Waals surface area contributed by atoms with Crippen LogP contribution >= 0.6 is 15.9 Å². The molecule has 6 nitrogen and oxygen atoms in total. The molecule has 3 amide bonds. The van der Waals surface area contributed by atoms with Gasteiger partial charge in [-0.25, -0.2) is 4.39 Å². The van der Waals surface area contributed by atoms with Gasteiger partial charge in [-0.2, -0.15) is 0 Å². The van der Waals surface area contributed by atoms with Gasteiger partial charge < -0.3 is 16.0 Å². The van der Waals surface area contributed by atoms with Crippen molar-refractivity contribution < 1.29 is 18.8 Å². The standard InChI is InChI=1S/C18H17BrFN3O3/c1-11-7-13(19)5-6-15(11)23-17(25)10-21-16(24)9-22-18(26)12-3-2-4-14(20)8-12/h2-8H,9-10H2,1H3,(H,21,24)(H,22,26)(H,23,25). The summed E-state index contributed by atoms with van der Waals surface area (Å²) in [5.41, 5.74) is 1.63. The van der Waals surface area contributed by atoms with E-state index in [0.29, 0.717) is 5.69 Å². The monoisotopic (exact) mass is 421 g/mol. The lowest BCUT2D eigenvalue weighted by atomic mass is 10.2. The van der Waals surface area contributed by atoms with Crippen LogP contribution in [0.4, 0.5) is 10.1 Å². The quantitative estimate of drug-likeness (QED) is 0.668. The molecule has 2 aromatic carbocycles. The van der Waals surface area contributed by atoms with Gasteiger partial charge in [-0.15, -0.1) is 0 Å². The number of aryl methyl sites for hydroxylation is 1. The highest BCUT2D eigenvalue weighted by atomic mass is 79.9. The van der Waals surface area contributed by atoms with Crippen molar-refractivity contribution in [3.63, 3.8) is 0 Å². The summed E-state index contributed by atoms with van der Waals surface area (Å²) in [5.74, 6) is -2.03. The number of hydrogen-bond donors (Lipinski definition) is 3. The fourth-order valence-corrected chi connectivity index (χ4v) is 2.57. The number of nitrogens with one attached hydrogen (secondary N) is 3. The largest absolute Gasteiger partial charge is 0.345 e. The summed E-state index contributed by atoms with van der Waals surface area (Å²) in [6, 6.07) is 10.5. The number of hydrogen-bond acceptors (Lipinski definition) is 3. The van der Waals surface area contributed by atoms with E-state index in [2.05, 4.69) is 31.9 Å². The number of carbonyl (C=O) groups is 3. The lowest BCUT2D eigenvalue weighted by Gasteiger charge is -2.10. The Bertz CT molecular complexity index is 842. The molecule has 0 spiro atoms. The van der Waals surface area contributed by atoms with E-state index in [1.165, 1.54) is 18.2 Å². The highest BCUT2D eigenvalue weighted by Crippen LogP contribution is 2.19. The Labute approximate surface area is 158 Å². The van der Waals surface area contributed by atoms with Gasteiger partial charge >= 0.3 is 0 Å². The van der Waals surface area contributed by atoms with Crippen LogP contribution in [-0.4, -0.2) is 30.8 Å². The third kappa shape index (κ3) is 5.96. The van der Waals surface area contributed by atoms with Crippen LogP contribution in [0.1, 0.15) is 15.9 Å². The van der Waals surface area contributed by atoms with Crippen molar-refractivity contribution in [3.05, 3.63) is 63.9 Å². The number of halogens is 2. The molecule has 0 bridgehead atoms. The Kier molecular flexibility index (Phi) is 6.85. The van der Waals surface area contributed by atoms with Gasteiger partial charge in [0.1, 0.15) is 5.82 Å². The van der Waals surface area contributed by atoms with Crippen LogP contribution in [0.3, 0.4) is 0 Å². The SMILES string of the molecule is Cc1cc(Br)ccc1NC(=O)CNC(=O)CNC(=O)c1cccc(F)c1. The molecule has 0 radical (unpaired) electrons. The number of anilines is 1. The predicted molar refractivity (Wildman–Crippen MR) is 99.3 cm³/mol. The van der Waals surface area contributed by atoms with Crippen molar-refractivity contribution in [2.45, 2.75) is 6.92 Å². The molecular weight excluding hydrogens is 405 g/mol. The second-order valence-electron chi connectivity index (χ2n) is 5.48. The van der Waals surface area contributed by atoms with Crippen molar-refractivity contribution in [2.24, 2.45) is 0 Å². The van der Waals surface area contributed by atoms with Crippen LogP contribution in [0.25, 0.3) is 0 Å². The Morgan fingerprint density at radius 2 is 1.73 bits per heavy atom. The first-order valence-corrected chi connectivity index (χ1v) is 8.51. The van der Waals surface area contributed by atoms with Gasteiger partial charge in [0.2, 0.25) is 11.8 Å². The molecule has 0 heterocycles. The average Bonchev–Trinajstić information content (AvgIpc) is 2.60. The summed E-state index contributed by atoms with van der Waals surface area (Å²) in [6.07, 6.45) is 0. The minimum atomic E-state index is -0.574. The van der Waals surface area contributed by atoms with Crippen LogP contribution in [0, 0.1) is 12.7 Å². The molecule has 136 valence electrons. The summed E-state index contributed by atoms with van der Waals surface area (Å²) in [6.45, 7) is 1.30. The summed E-state index contributed by atoms with van der Waals surface area (Å²) in [7, 11) is 0. The first-order valence-electron chi connectivity index (χ1n) is 7.71. The first kappa shape index (κ1) is 19.6. The summed E-state index contributed by atoms with van der Waals surface area (Å²) < 4.78 is 14.0. The predicted octanol–water partition coefficient (Wildman–Crippen LogP) is 2.38. The highest BCUT2D eigenvalue weighted by molar-refractivity contribution is 9.10. The maximum Gasteiger partial charge on any atom is 0.251 e. The van der Waals surface area contributed by atoms with Gasteiger partial charge in [0.15, 0.2) is 0 Å². The van der Waals surface area contributed by atoms with Gasteiger partial charge in [0.25, 0.3) is 5.91 Å². The highest BCUT2D eigenvalue weighted by Gasteiger charge is 2.10. The second kappa shape index (κ2) is 9.10. The summed E-state index contributed by atoms with van der Waals surface area (Å²) in [4.78, 5) is 35.4. The van der Waals surface area contributed by atoms with E-state index >= 15 is 0 Å². The van der Waals surface area contributed by atoms with E-state index in [1.54, 1.807) is 12.1 Å². The average molecular weight is 422 g/mol. The molecule has 3 N–H and O–H groups in total. The fraction of sp³-hybridized carbons (Fsp3) is 0.167. The zero-order valence-corrected chi connectivity index (χ0v) is 15.5. The molecule has 0 saturated heterocycles. The smallest absolute Gasteiger partial charge is 0.251 e. The van der Waals surface area contributed by atoms with E-state index in [-0.39, 0.29) is 24.6 Å². The number of carbonyl (C=O) groups excluding carboxylic acids is 3. The van der Waals surface area contributed by atoms with Crippen LogP contribution in [0.5, 0.6) is 0 Å². The number of amides is 3. The van der Waals surface area contributed by atoms with Crippen molar-refractivity contribution in [1.29, 1.82) is 0 Å². The molecular formula is C18H17BrFN3O3. The number of rotatable bonds is 6. The molecule has 0 unspecified atom stereocenters.